The Morgan fingerprint density at radius 2 is 2.32 bits per heavy atom. The molecule has 19 heavy (non-hydrogen) atoms. The molecule has 1 aliphatic rings. The van der Waals surface area contributed by atoms with E-state index in [-0.39, 0.29) is 6.04 Å². The zero-order chi connectivity index (χ0) is 13.7. The van der Waals surface area contributed by atoms with Gasteiger partial charge in [0.05, 0.1) is 24.7 Å². The van der Waals surface area contributed by atoms with Gasteiger partial charge in [-0.15, -0.1) is 0 Å². The van der Waals surface area contributed by atoms with Gasteiger partial charge in [-0.2, -0.15) is 0 Å². The summed E-state index contributed by atoms with van der Waals surface area (Å²) in [6.07, 6.45) is 8.69. The molecule has 0 radical (unpaired) electrons. The molecule has 2 unspecified atom stereocenters. The van der Waals surface area contributed by atoms with Crippen LogP contribution in [0.3, 0.4) is 0 Å². The normalized spacial score (nSPS) is 21.2. The summed E-state index contributed by atoms with van der Waals surface area (Å²) in [5.41, 5.74) is 7.52. The maximum Gasteiger partial charge on any atom is 0.0948 e. The Balaban J connectivity index is 1.86. The zero-order valence-electron chi connectivity index (χ0n) is 12.2. The van der Waals surface area contributed by atoms with E-state index in [0.717, 1.165) is 32.1 Å². The summed E-state index contributed by atoms with van der Waals surface area (Å²) in [6.45, 7) is 7.22. The minimum absolute atomic E-state index is 0.0649. The molecule has 2 N–H and O–H groups in total. The average Bonchev–Trinajstić information content (AvgIpc) is 3.04. The Morgan fingerprint density at radius 1 is 1.47 bits per heavy atom. The molecule has 1 saturated heterocycles. The maximum atomic E-state index is 6.36. The van der Waals surface area contributed by atoms with Gasteiger partial charge in [0, 0.05) is 25.3 Å². The number of hydrogen-bond donors (Lipinski definition) is 1. The second-order valence-electron chi connectivity index (χ2n) is 6.05. The summed E-state index contributed by atoms with van der Waals surface area (Å²) in [5, 5.41) is 0. The van der Waals surface area contributed by atoms with Crippen LogP contribution in [0.25, 0.3) is 0 Å². The highest BCUT2D eigenvalue weighted by molar-refractivity contribution is 5.07. The van der Waals surface area contributed by atoms with Crippen LogP contribution in [0.4, 0.5) is 0 Å². The first kappa shape index (κ1) is 14.5. The highest BCUT2D eigenvalue weighted by Crippen LogP contribution is 2.26. The van der Waals surface area contributed by atoms with Gasteiger partial charge in [-0.1, -0.05) is 26.7 Å². The summed E-state index contributed by atoms with van der Waals surface area (Å²) >= 11 is 0. The van der Waals surface area contributed by atoms with E-state index in [1.807, 2.05) is 12.5 Å². The molecular weight excluding hydrogens is 238 g/mol. The van der Waals surface area contributed by atoms with Crippen molar-refractivity contribution in [3.8, 4) is 0 Å². The van der Waals surface area contributed by atoms with E-state index in [1.54, 1.807) is 0 Å². The molecule has 108 valence electrons. The minimum atomic E-state index is 0.0649. The van der Waals surface area contributed by atoms with Gasteiger partial charge in [0.2, 0.25) is 0 Å². The van der Waals surface area contributed by atoms with Gasteiger partial charge in [0.25, 0.3) is 0 Å². The minimum Gasteiger partial charge on any atom is -0.381 e. The molecular formula is C15H27N3O. The van der Waals surface area contributed by atoms with E-state index in [9.17, 15) is 0 Å². The largest absolute Gasteiger partial charge is 0.381 e. The third-order valence-electron chi connectivity index (χ3n) is 3.99. The van der Waals surface area contributed by atoms with Crippen LogP contribution in [0.2, 0.25) is 0 Å². The topological polar surface area (TPSA) is 53.1 Å². The summed E-state index contributed by atoms with van der Waals surface area (Å²) in [5.74, 6) is 1.24. The Hall–Kier alpha value is -0.870. The summed E-state index contributed by atoms with van der Waals surface area (Å²) in [6, 6.07) is 0.0649. The van der Waals surface area contributed by atoms with Crippen LogP contribution < -0.4 is 5.73 Å². The predicted octanol–water partition coefficient (Wildman–Crippen LogP) is 2.75. The van der Waals surface area contributed by atoms with Crippen molar-refractivity contribution >= 4 is 0 Å². The van der Waals surface area contributed by atoms with Crippen LogP contribution in [-0.4, -0.2) is 22.8 Å². The van der Waals surface area contributed by atoms with Crippen LogP contribution in [0.5, 0.6) is 0 Å². The van der Waals surface area contributed by atoms with Crippen molar-refractivity contribution in [3.05, 3.63) is 18.2 Å². The first-order valence-electron chi connectivity index (χ1n) is 7.52. The Kier molecular flexibility index (Phi) is 5.40. The maximum absolute atomic E-state index is 6.36. The summed E-state index contributed by atoms with van der Waals surface area (Å²) in [4.78, 5) is 4.27. The highest BCUT2D eigenvalue weighted by Gasteiger charge is 2.26. The second kappa shape index (κ2) is 7.06. The molecule has 0 aliphatic carbocycles. The van der Waals surface area contributed by atoms with E-state index in [1.165, 1.54) is 25.0 Å². The van der Waals surface area contributed by atoms with Gasteiger partial charge >= 0.3 is 0 Å². The number of rotatable bonds is 7. The van der Waals surface area contributed by atoms with Gasteiger partial charge in [-0.05, 0) is 18.8 Å². The molecule has 0 amide bonds. The van der Waals surface area contributed by atoms with Crippen LogP contribution in [0.15, 0.2) is 12.5 Å². The lowest BCUT2D eigenvalue weighted by Gasteiger charge is -2.19. The number of imidazole rings is 1. The van der Waals surface area contributed by atoms with Gasteiger partial charge in [-0.25, -0.2) is 4.98 Å². The Bertz CT molecular complexity index is 369. The number of aromatic nitrogens is 2. The zero-order valence-corrected chi connectivity index (χ0v) is 12.2. The third-order valence-corrected chi connectivity index (χ3v) is 3.99. The fourth-order valence-electron chi connectivity index (χ4n) is 2.71. The Labute approximate surface area is 116 Å². The molecule has 0 aromatic carbocycles. The molecule has 2 heterocycles. The highest BCUT2D eigenvalue weighted by atomic mass is 16.5. The summed E-state index contributed by atoms with van der Waals surface area (Å²) < 4.78 is 7.66. The smallest absolute Gasteiger partial charge is 0.0948 e. The Morgan fingerprint density at radius 3 is 3.00 bits per heavy atom. The first-order chi connectivity index (χ1) is 9.18. The number of nitrogens with two attached hydrogens (primary N) is 1. The van der Waals surface area contributed by atoms with Crippen molar-refractivity contribution in [2.24, 2.45) is 17.6 Å². The number of nitrogens with zero attached hydrogens (tertiary/aromatic N) is 2. The molecule has 0 spiro atoms. The van der Waals surface area contributed by atoms with Crippen molar-refractivity contribution in [2.75, 3.05) is 13.2 Å². The first-order valence-corrected chi connectivity index (χ1v) is 7.52. The third kappa shape index (κ3) is 4.05. The monoisotopic (exact) mass is 265 g/mol. The fraction of sp³-hybridized carbons (Fsp3) is 0.800. The molecule has 1 fully saturated rings. The fourth-order valence-corrected chi connectivity index (χ4v) is 2.71. The van der Waals surface area contributed by atoms with E-state index < -0.39 is 0 Å². The number of ether oxygens (including phenoxy) is 1. The van der Waals surface area contributed by atoms with Gasteiger partial charge < -0.3 is 15.0 Å². The molecule has 0 saturated carbocycles. The molecule has 1 aliphatic heterocycles. The van der Waals surface area contributed by atoms with E-state index in [0.29, 0.717) is 5.92 Å². The number of unbranched alkanes of at least 4 members (excludes halogenated alkanes) is 1. The van der Waals surface area contributed by atoms with Crippen LogP contribution in [0, 0.1) is 11.8 Å². The second-order valence-corrected chi connectivity index (χ2v) is 6.05. The molecule has 1 aromatic heterocycles. The van der Waals surface area contributed by atoms with Crippen LogP contribution in [-0.2, 0) is 11.3 Å². The van der Waals surface area contributed by atoms with Crippen molar-refractivity contribution in [1.82, 2.24) is 9.55 Å². The van der Waals surface area contributed by atoms with Crippen molar-refractivity contribution in [3.63, 3.8) is 0 Å². The predicted molar refractivity (Wildman–Crippen MR) is 76.8 cm³/mol. The number of hydrogen-bond acceptors (Lipinski definition) is 3. The summed E-state index contributed by atoms with van der Waals surface area (Å²) in [7, 11) is 0. The van der Waals surface area contributed by atoms with Crippen LogP contribution >= 0.6 is 0 Å². The van der Waals surface area contributed by atoms with Gasteiger partial charge in [0.15, 0.2) is 0 Å². The van der Waals surface area contributed by atoms with Crippen LogP contribution in [0.1, 0.15) is 51.3 Å². The van der Waals surface area contributed by atoms with E-state index >= 15 is 0 Å². The molecule has 2 rings (SSSR count). The lowest BCUT2D eigenvalue weighted by molar-refractivity contribution is 0.180. The lowest BCUT2D eigenvalue weighted by Crippen LogP contribution is -2.24. The SMILES string of the molecule is CC(C)CCCCn1cncc1C(N)C1CCOC1. The van der Waals surface area contributed by atoms with Crippen molar-refractivity contribution < 1.29 is 4.74 Å². The molecule has 4 heteroatoms. The van der Waals surface area contributed by atoms with Crippen molar-refractivity contribution in [1.29, 1.82) is 0 Å². The molecule has 4 nitrogen and oxygen atoms in total. The van der Waals surface area contributed by atoms with E-state index in [2.05, 4.69) is 23.4 Å². The average molecular weight is 265 g/mol. The van der Waals surface area contributed by atoms with Crippen molar-refractivity contribution in [2.45, 2.75) is 52.1 Å². The standard InChI is InChI=1S/C15H27N3O/c1-12(2)5-3-4-7-18-11-17-9-14(18)15(16)13-6-8-19-10-13/h9,11-13,15H,3-8,10,16H2,1-2H3. The van der Waals surface area contributed by atoms with Gasteiger partial charge in [-0.3, -0.25) is 0 Å². The number of aryl methyl sites for hydroxylation is 1. The quantitative estimate of drug-likeness (QED) is 0.771. The molecule has 2 atom stereocenters. The molecule has 0 bridgehead atoms. The lowest BCUT2D eigenvalue weighted by atomic mass is 9.97. The van der Waals surface area contributed by atoms with E-state index in [4.69, 9.17) is 10.5 Å². The van der Waals surface area contributed by atoms with Gasteiger partial charge in [0.1, 0.15) is 0 Å². The molecule has 1 aromatic rings.